The van der Waals surface area contributed by atoms with Crippen molar-refractivity contribution in [3.8, 4) is 0 Å². The maximum Gasteiger partial charge on any atom is 0.303 e. The molecule has 8 heteroatoms. The van der Waals surface area contributed by atoms with E-state index in [1.165, 1.54) is 0 Å². The van der Waals surface area contributed by atoms with Crippen molar-refractivity contribution in [3.63, 3.8) is 0 Å². The summed E-state index contributed by atoms with van der Waals surface area (Å²) < 4.78 is 0. The largest absolute Gasteiger partial charge is 0.481 e. The summed E-state index contributed by atoms with van der Waals surface area (Å²) in [5.74, 6) is -0.0857. The number of carboxylic acids is 1. The molecule has 0 aromatic carbocycles. The Hall–Kier alpha value is -2.51. The van der Waals surface area contributed by atoms with Gasteiger partial charge in [-0.2, -0.15) is 0 Å². The SMILES string of the molecule is Cc1[nH][nH]c2nnc3nc(CCCCC(=O)O)nc3c12. The molecule has 0 aliphatic carbocycles. The second-order valence-electron chi connectivity index (χ2n) is 4.71. The number of imidazole rings is 1. The van der Waals surface area contributed by atoms with Gasteiger partial charge in [-0.1, -0.05) is 0 Å². The Morgan fingerprint density at radius 3 is 2.85 bits per heavy atom. The highest BCUT2D eigenvalue weighted by Gasteiger charge is 2.13. The van der Waals surface area contributed by atoms with Crippen LogP contribution in [0.3, 0.4) is 0 Å². The fourth-order valence-corrected chi connectivity index (χ4v) is 2.21. The van der Waals surface area contributed by atoms with E-state index in [1.54, 1.807) is 0 Å². The fraction of sp³-hybridized carbons (Fsp3) is 0.417. The Labute approximate surface area is 113 Å². The normalized spacial score (nSPS) is 11.4. The number of carboxylic acid groups (broad SMARTS) is 1. The molecule has 0 spiro atoms. The first kappa shape index (κ1) is 12.5. The zero-order valence-electron chi connectivity index (χ0n) is 11.0. The van der Waals surface area contributed by atoms with Gasteiger partial charge in [0.2, 0.25) is 5.65 Å². The third kappa shape index (κ3) is 2.20. The number of nitrogens with one attached hydrogen (secondary N) is 2. The molecule has 3 rings (SSSR count). The van der Waals surface area contributed by atoms with E-state index in [1.807, 2.05) is 6.92 Å². The molecule has 0 aliphatic rings. The number of aryl methyl sites for hydroxylation is 2. The lowest BCUT2D eigenvalue weighted by Gasteiger charge is -1.94. The minimum Gasteiger partial charge on any atom is -0.481 e. The fourth-order valence-electron chi connectivity index (χ4n) is 2.21. The summed E-state index contributed by atoms with van der Waals surface area (Å²) in [5, 5.41) is 23.5. The summed E-state index contributed by atoms with van der Waals surface area (Å²) in [6.07, 6.45) is 2.20. The van der Waals surface area contributed by atoms with Crippen molar-refractivity contribution >= 4 is 28.2 Å². The van der Waals surface area contributed by atoms with Crippen LogP contribution in [0.2, 0.25) is 0 Å². The van der Waals surface area contributed by atoms with E-state index < -0.39 is 5.97 Å². The molecule has 0 fully saturated rings. The average molecular weight is 274 g/mol. The van der Waals surface area contributed by atoms with E-state index in [4.69, 9.17) is 5.11 Å². The summed E-state index contributed by atoms with van der Waals surface area (Å²) in [5.41, 5.74) is 2.87. The lowest BCUT2D eigenvalue weighted by atomic mass is 10.2. The van der Waals surface area contributed by atoms with Crippen LogP contribution in [0.4, 0.5) is 0 Å². The van der Waals surface area contributed by atoms with E-state index in [0.717, 1.165) is 23.0 Å². The van der Waals surface area contributed by atoms with Crippen LogP contribution in [0.15, 0.2) is 0 Å². The highest BCUT2D eigenvalue weighted by Crippen LogP contribution is 2.21. The van der Waals surface area contributed by atoms with E-state index in [2.05, 4.69) is 30.4 Å². The maximum absolute atomic E-state index is 10.4. The van der Waals surface area contributed by atoms with Crippen LogP contribution in [-0.2, 0) is 11.2 Å². The summed E-state index contributed by atoms with van der Waals surface area (Å²) in [6.45, 7) is 1.93. The molecule has 0 saturated carbocycles. The highest BCUT2D eigenvalue weighted by atomic mass is 16.4. The molecule has 3 aromatic heterocycles. The van der Waals surface area contributed by atoms with Crippen LogP contribution in [0, 0.1) is 6.92 Å². The Morgan fingerprint density at radius 2 is 2.05 bits per heavy atom. The van der Waals surface area contributed by atoms with Gasteiger partial charge in [-0.15, -0.1) is 10.2 Å². The number of aromatic amines is 2. The van der Waals surface area contributed by atoms with Gasteiger partial charge in [-0.05, 0) is 19.8 Å². The molecule has 0 aliphatic heterocycles. The molecule has 8 nitrogen and oxygen atoms in total. The molecule has 3 aromatic rings. The van der Waals surface area contributed by atoms with Crippen LogP contribution in [-0.4, -0.2) is 41.4 Å². The van der Waals surface area contributed by atoms with Crippen LogP contribution in [0.5, 0.6) is 0 Å². The quantitative estimate of drug-likeness (QED) is 0.604. The van der Waals surface area contributed by atoms with E-state index in [9.17, 15) is 4.79 Å². The lowest BCUT2D eigenvalue weighted by Crippen LogP contribution is -1.95. The molecule has 0 saturated heterocycles. The van der Waals surface area contributed by atoms with Crippen molar-refractivity contribution in [3.05, 3.63) is 11.5 Å². The number of hydrogen-bond acceptors (Lipinski definition) is 5. The van der Waals surface area contributed by atoms with Gasteiger partial charge in [0.25, 0.3) is 0 Å². The predicted octanol–water partition coefficient (Wildman–Crippen LogP) is 1.34. The van der Waals surface area contributed by atoms with Crippen molar-refractivity contribution in [2.45, 2.75) is 32.6 Å². The summed E-state index contributed by atoms with van der Waals surface area (Å²) in [4.78, 5) is 19.3. The Kier molecular flexibility index (Phi) is 3.05. The number of nitrogens with zero attached hydrogens (tertiary/aromatic N) is 4. The standard InChI is InChI=1S/C12H14N6O2/c1-6-9-10-12(18-17-11(9)16-15-6)14-7(13-10)4-2-3-5-8(19)20/h2-5H2,1H3,(H,19,20)(H2,15,16,17). The minimum absolute atomic E-state index is 0.177. The predicted molar refractivity (Wildman–Crippen MR) is 71.3 cm³/mol. The molecular weight excluding hydrogens is 260 g/mol. The average Bonchev–Trinajstić information content (AvgIpc) is 2.97. The number of aliphatic carboxylic acids is 1. The molecule has 104 valence electrons. The molecule has 0 radical (unpaired) electrons. The van der Waals surface area contributed by atoms with Crippen molar-refractivity contribution in [2.24, 2.45) is 0 Å². The van der Waals surface area contributed by atoms with Gasteiger partial charge < -0.3 is 10.2 Å². The van der Waals surface area contributed by atoms with Crippen LogP contribution in [0.1, 0.15) is 30.8 Å². The molecule has 0 atom stereocenters. The van der Waals surface area contributed by atoms with E-state index >= 15 is 0 Å². The molecule has 0 amide bonds. The van der Waals surface area contributed by atoms with Crippen molar-refractivity contribution in [2.75, 3.05) is 0 Å². The number of rotatable bonds is 5. The molecule has 3 N–H and O–H groups in total. The van der Waals surface area contributed by atoms with Gasteiger partial charge in [0, 0.05) is 18.5 Å². The number of aromatic nitrogens is 6. The molecule has 0 unspecified atom stereocenters. The first-order chi connectivity index (χ1) is 9.65. The Bertz CT molecular complexity index is 775. The summed E-state index contributed by atoms with van der Waals surface area (Å²) in [7, 11) is 0. The Morgan fingerprint density at radius 1 is 1.20 bits per heavy atom. The second-order valence-corrected chi connectivity index (χ2v) is 4.71. The van der Waals surface area contributed by atoms with Gasteiger partial charge in [-0.25, -0.2) is 9.97 Å². The highest BCUT2D eigenvalue weighted by molar-refractivity contribution is 6.00. The van der Waals surface area contributed by atoms with Crippen LogP contribution >= 0.6 is 0 Å². The number of unbranched alkanes of at least 4 members (excludes halogenated alkanes) is 1. The minimum atomic E-state index is -0.773. The van der Waals surface area contributed by atoms with E-state index in [0.29, 0.717) is 30.0 Å². The third-order valence-electron chi connectivity index (χ3n) is 3.19. The zero-order valence-corrected chi connectivity index (χ0v) is 11.0. The smallest absolute Gasteiger partial charge is 0.303 e. The molecule has 20 heavy (non-hydrogen) atoms. The maximum atomic E-state index is 10.4. The second kappa shape index (κ2) is 4.87. The molecule has 3 heterocycles. The van der Waals surface area contributed by atoms with E-state index in [-0.39, 0.29) is 6.42 Å². The van der Waals surface area contributed by atoms with Gasteiger partial charge in [0.05, 0.1) is 5.39 Å². The topological polar surface area (TPSA) is 120 Å². The summed E-state index contributed by atoms with van der Waals surface area (Å²) in [6, 6.07) is 0. The lowest BCUT2D eigenvalue weighted by molar-refractivity contribution is -0.137. The van der Waals surface area contributed by atoms with Crippen LogP contribution in [0.25, 0.3) is 22.2 Å². The van der Waals surface area contributed by atoms with Gasteiger partial charge in [0.1, 0.15) is 11.3 Å². The van der Waals surface area contributed by atoms with Gasteiger partial charge in [0.15, 0.2) is 5.65 Å². The van der Waals surface area contributed by atoms with Gasteiger partial charge >= 0.3 is 5.97 Å². The zero-order chi connectivity index (χ0) is 14.1. The van der Waals surface area contributed by atoms with Gasteiger partial charge in [-0.3, -0.25) is 9.89 Å². The number of carbonyl (C=O) groups is 1. The van der Waals surface area contributed by atoms with Crippen molar-refractivity contribution in [1.29, 1.82) is 0 Å². The van der Waals surface area contributed by atoms with Crippen LogP contribution < -0.4 is 0 Å². The van der Waals surface area contributed by atoms with Crippen molar-refractivity contribution < 1.29 is 9.90 Å². The summed E-state index contributed by atoms with van der Waals surface area (Å²) >= 11 is 0. The first-order valence-electron chi connectivity index (χ1n) is 6.43. The molecular formula is C12H14N6O2. The first-order valence-corrected chi connectivity index (χ1v) is 6.43. The third-order valence-corrected chi connectivity index (χ3v) is 3.19. The number of hydrogen-bond donors (Lipinski definition) is 3. The number of fused-ring (bicyclic) bond motifs is 3. The Balaban J connectivity index is 1.85. The number of H-pyrrole nitrogens is 2. The monoisotopic (exact) mass is 274 g/mol. The van der Waals surface area contributed by atoms with Crippen molar-refractivity contribution in [1.82, 2.24) is 30.4 Å². The molecule has 0 bridgehead atoms.